The van der Waals surface area contributed by atoms with Crippen molar-refractivity contribution >= 4 is 44.8 Å². The fourth-order valence-corrected chi connectivity index (χ4v) is 8.94. The fourth-order valence-electron chi connectivity index (χ4n) is 6.67. The number of fused-ring (bicyclic) bond motifs is 3. The smallest absolute Gasteiger partial charge is 0.0795 e. The average molecular weight is 837 g/mol. The monoisotopic (exact) mass is 837 g/mol. The summed E-state index contributed by atoms with van der Waals surface area (Å²) in [6.07, 6.45) is 10.7. The molecule has 0 bridgehead atoms. The summed E-state index contributed by atoms with van der Waals surface area (Å²) in [5, 5.41) is 4.04. The van der Waals surface area contributed by atoms with E-state index in [1.54, 1.807) is 0 Å². The van der Waals surface area contributed by atoms with Gasteiger partial charge in [0, 0.05) is 37.2 Å². The third kappa shape index (κ3) is 7.61. The van der Waals surface area contributed by atoms with E-state index in [1.807, 2.05) is 48.0 Å². The molecule has 3 aromatic heterocycles. The van der Waals surface area contributed by atoms with Crippen LogP contribution in [0.25, 0.3) is 53.8 Å². The third-order valence-corrected chi connectivity index (χ3v) is 12.5. The van der Waals surface area contributed by atoms with Crippen LogP contribution in [0.5, 0.6) is 0 Å². The van der Waals surface area contributed by atoms with Gasteiger partial charge in [-0.2, -0.15) is 11.3 Å². The van der Waals surface area contributed by atoms with Crippen molar-refractivity contribution in [3.63, 3.8) is 0 Å². The summed E-state index contributed by atoms with van der Waals surface area (Å²) in [7, 11) is -1.23. The minimum absolute atomic E-state index is 0. The van der Waals surface area contributed by atoms with Crippen molar-refractivity contribution in [1.82, 2.24) is 9.97 Å². The maximum atomic E-state index is 4.76. The number of benzene rings is 4. The zero-order valence-corrected chi connectivity index (χ0v) is 32.0. The summed E-state index contributed by atoms with van der Waals surface area (Å²) in [5.41, 5.74) is 8.21. The molecule has 48 heavy (non-hydrogen) atoms. The summed E-state index contributed by atoms with van der Waals surface area (Å²) in [6, 6.07) is 45.1. The molecule has 5 heteroatoms. The van der Waals surface area contributed by atoms with E-state index < -0.39 is 8.07 Å². The molecule has 1 aliphatic rings. The SMILES string of the molecule is C[Si](C)(C)c1ccc(-c2[c-]cccc2)nc1.[Ir].[c-]1ccc2c(sc3cccc(-c4ccccc4)c32)c1-c1cc(CC2CCCC2)ccn1. The van der Waals surface area contributed by atoms with Crippen molar-refractivity contribution in [1.29, 1.82) is 0 Å². The molecular formula is C43H40IrN2SSi-2. The van der Waals surface area contributed by atoms with Crippen LogP contribution in [-0.4, -0.2) is 18.0 Å². The van der Waals surface area contributed by atoms with Gasteiger partial charge in [-0.1, -0.05) is 117 Å². The first-order valence-corrected chi connectivity index (χ1v) is 21.1. The van der Waals surface area contributed by atoms with Crippen molar-refractivity contribution in [3.05, 3.63) is 139 Å². The van der Waals surface area contributed by atoms with E-state index in [2.05, 4.69) is 122 Å². The van der Waals surface area contributed by atoms with Gasteiger partial charge >= 0.3 is 0 Å². The van der Waals surface area contributed by atoms with Gasteiger partial charge in [0.15, 0.2) is 0 Å². The third-order valence-electron chi connectivity index (χ3n) is 9.24. The molecule has 0 amide bonds. The van der Waals surface area contributed by atoms with E-state index in [0.717, 1.165) is 28.4 Å². The van der Waals surface area contributed by atoms with E-state index in [9.17, 15) is 0 Å². The Morgan fingerprint density at radius 3 is 2.31 bits per heavy atom. The largest absolute Gasteiger partial charge is 0.305 e. The molecule has 0 N–H and O–H groups in total. The summed E-state index contributed by atoms with van der Waals surface area (Å²) in [6.45, 7) is 7.00. The number of pyridine rings is 2. The Kier molecular flexibility index (Phi) is 10.8. The van der Waals surface area contributed by atoms with Crippen LogP contribution in [0.3, 0.4) is 0 Å². The van der Waals surface area contributed by atoms with Gasteiger partial charge in [-0.25, -0.2) is 0 Å². The predicted octanol–water partition coefficient (Wildman–Crippen LogP) is 11.4. The molecule has 0 saturated heterocycles. The maximum Gasteiger partial charge on any atom is 0.0795 e. The van der Waals surface area contributed by atoms with Gasteiger partial charge in [-0.05, 0) is 62.3 Å². The van der Waals surface area contributed by atoms with Gasteiger partial charge in [-0.15, -0.1) is 59.7 Å². The minimum Gasteiger partial charge on any atom is -0.305 e. The Morgan fingerprint density at radius 1 is 0.771 bits per heavy atom. The number of thiophene rings is 1. The van der Waals surface area contributed by atoms with Gasteiger partial charge in [0.2, 0.25) is 0 Å². The van der Waals surface area contributed by atoms with E-state index in [4.69, 9.17) is 4.98 Å². The Labute approximate surface area is 303 Å². The molecular weight excluding hydrogens is 797 g/mol. The molecule has 1 radical (unpaired) electrons. The summed E-state index contributed by atoms with van der Waals surface area (Å²) in [5.74, 6) is 0.841. The minimum atomic E-state index is -1.23. The van der Waals surface area contributed by atoms with Gasteiger partial charge in [0.1, 0.15) is 0 Å². The van der Waals surface area contributed by atoms with Crippen LogP contribution < -0.4 is 5.19 Å². The van der Waals surface area contributed by atoms with Gasteiger partial charge in [0.25, 0.3) is 0 Å². The molecule has 7 aromatic rings. The normalized spacial score (nSPS) is 13.2. The number of nitrogens with zero attached hydrogens (tertiary/aromatic N) is 2. The van der Waals surface area contributed by atoms with Crippen LogP contribution in [-0.2, 0) is 26.5 Å². The van der Waals surface area contributed by atoms with Crippen molar-refractivity contribution in [3.8, 4) is 33.6 Å². The second-order valence-electron chi connectivity index (χ2n) is 13.6. The molecule has 243 valence electrons. The molecule has 0 aliphatic heterocycles. The topological polar surface area (TPSA) is 25.8 Å². The predicted molar refractivity (Wildman–Crippen MR) is 204 cm³/mol. The molecule has 0 unspecified atom stereocenters. The van der Waals surface area contributed by atoms with Crippen LogP contribution in [0.2, 0.25) is 19.6 Å². The average Bonchev–Trinajstić information content (AvgIpc) is 3.77. The molecule has 4 aromatic carbocycles. The second kappa shape index (κ2) is 15.2. The van der Waals surface area contributed by atoms with Crippen LogP contribution in [0.1, 0.15) is 31.2 Å². The van der Waals surface area contributed by atoms with E-state index >= 15 is 0 Å². The van der Waals surface area contributed by atoms with E-state index in [-0.39, 0.29) is 20.1 Å². The van der Waals surface area contributed by atoms with Crippen molar-refractivity contribution in [2.75, 3.05) is 0 Å². The summed E-state index contributed by atoms with van der Waals surface area (Å²) in [4.78, 5) is 9.28. The zero-order valence-electron chi connectivity index (χ0n) is 27.8. The van der Waals surface area contributed by atoms with Crippen LogP contribution in [0, 0.1) is 18.1 Å². The quantitative estimate of drug-likeness (QED) is 0.123. The Morgan fingerprint density at radius 2 is 1.58 bits per heavy atom. The first-order valence-electron chi connectivity index (χ1n) is 16.7. The molecule has 0 atom stereocenters. The summed E-state index contributed by atoms with van der Waals surface area (Å²) < 4.78 is 2.60. The molecule has 2 nitrogen and oxygen atoms in total. The second-order valence-corrected chi connectivity index (χ2v) is 19.7. The van der Waals surface area contributed by atoms with E-state index in [0.29, 0.717) is 0 Å². The molecule has 1 aliphatic carbocycles. The first-order chi connectivity index (χ1) is 22.9. The van der Waals surface area contributed by atoms with Crippen LogP contribution in [0.4, 0.5) is 0 Å². The van der Waals surface area contributed by atoms with Crippen LogP contribution in [0.15, 0.2) is 122 Å². The van der Waals surface area contributed by atoms with Gasteiger partial charge in [0.05, 0.1) is 8.07 Å². The molecule has 8 rings (SSSR count). The maximum absolute atomic E-state index is 4.76. The van der Waals surface area contributed by atoms with Crippen molar-refractivity contribution in [2.24, 2.45) is 5.92 Å². The van der Waals surface area contributed by atoms with Crippen molar-refractivity contribution in [2.45, 2.75) is 51.7 Å². The molecule has 1 saturated carbocycles. The van der Waals surface area contributed by atoms with Crippen molar-refractivity contribution < 1.29 is 20.1 Å². The number of hydrogen-bond acceptors (Lipinski definition) is 3. The standard InChI is InChI=1S/C29H24NS.C14H16NSi.Ir/c1-2-10-22(11-3-1)23-12-7-15-27-28(23)25-14-6-13-24(29(25)31-27)26-19-21(16-17-30-26)18-20-8-4-5-9-20;1-16(2,3)13-9-10-14(15-11-13)12-7-5-4-6-8-12;/h1-3,6-7,10-12,14-17,19-20H,4-5,8-9,18H2;4-7,9-11H,1-3H3;/q2*-1;. The van der Waals surface area contributed by atoms with E-state index in [1.165, 1.54) is 74.2 Å². The van der Waals surface area contributed by atoms with Gasteiger partial charge < -0.3 is 9.97 Å². The Bertz CT molecular complexity index is 2100. The fraction of sp³-hybridized carbons (Fsp3) is 0.209. The number of aromatic nitrogens is 2. The zero-order chi connectivity index (χ0) is 32.2. The Balaban J connectivity index is 0.000000201. The number of rotatable bonds is 6. The molecule has 0 spiro atoms. The van der Waals surface area contributed by atoms with Crippen LogP contribution >= 0.6 is 11.3 Å². The van der Waals surface area contributed by atoms with Gasteiger partial charge in [-0.3, -0.25) is 0 Å². The Hall–Kier alpha value is -3.73. The molecule has 1 fully saturated rings. The number of hydrogen-bond donors (Lipinski definition) is 0. The summed E-state index contributed by atoms with van der Waals surface area (Å²) >= 11 is 1.86. The molecule has 3 heterocycles. The first kappa shape index (κ1) is 34.1.